The Balaban J connectivity index is 2.96. The minimum atomic E-state index is 0.239. The maximum atomic E-state index is 8.36. The molecule has 1 aromatic rings. The van der Waals surface area contributed by atoms with Gasteiger partial charge in [0, 0.05) is 14.1 Å². The Morgan fingerprint density at radius 2 is 2.13 bits per heavy atom. The van der Waals surface area contributed by atoms with E-state index < -0.39 is 0 Å². The normalized spacial score (nSPS) is 9.20. The second kappa shape index (κ2) is 4.95. The minimum Gasteiger partial charge on any atom is -0.467 e. The molecule has 0 unspecified atom stereocenters. The number of anilines is 1. The minimum absolute atomic E-state index is 0.239. The fourth-order valence-corrected chi connectivity index (χ4v) is 0.875. The van der Waals surface area contributed by atoms with Crippen LogP contribution < -0.4 is 15.0 Å². The summed E-state index contributed by atoms with van der Waals surface area (Å²) in [6, 6.07) is 0.239. The Labute approximate surface area is 87.7 Å². The molecule has 0 spiro atoms. The Morgan fingerprint density at radius 1 is 1.40 bits per heavy atom. The molecule has 1 heterocycles. The van der Waals surface area contributed by atoms with Crippen molar-refractivity contribution in [2.24, 2.45) is 0 Å². The van der Waals surface area contributed by atoms with E-state index in [9.17, 15) is 0 Å². The Hall–Kier alpha value is -2.10. The maximum absolute atomic E-state index is 8.36. The molecular formula is C8H12N6O. The first-order valence-electron chi connectivity index (χ1n) is 4.25. The van der Waals surface area contributed by atoms with Gasteiger partial charge in [0.1, 0.15) is 0 Å². The van der Waals surface area contributed by atoms with E-state index in [0.717, 1.165) is 0 Å². The molecule has 0 saturated heterocycles. The van der Waals surface area contributed by atoms with Gasteiger partial charge in [-0.15, -0.1) is 0 Å². The number of hydrogen-bond donors (Lipinski definition) is 1. The van der Waals surface area contributed by atoms with Crippen LogP contribution in [0.25, 0.3) is 0 Å². The van der Waals surface area contributed by atoms with Crippen molar-refractivity contribution in [2.45, 2.75) is 6.54 Å². The Bertz CT molecular complexity index is 372. The third-order valence-corrected chi connectivity index (χ3v) is 1.56. The predicted molar refractivity (Wildman–Crippen MR) is 53.2 cm³/mol. The second-order valence-corrected chi connectivity index (χ2v) is 2.90. The molecule has 1 aromatic heterocycles. The molecule has 80 valence electrons. The molecule has 0 fully saturated rings. The third kappa shape index (κ3) is 2.95. The maximum Gasteiger partial charge on any atom is 0.321 e. The van der Waals surface area contributed by atoms with Gasteiger partial charge in [-0.05, 0) is 0 Å². The summed E-state index contributed by atoms with van der Waals surface area (Å²) < 4.78 is 4.93. The predicted octanol–water partition coefficient (Wildman–Crippen LogP) is -0.483. The highest BCUT2D eigenvalue weighted by molar-refractivity contribution is 5.27. The highest BCUT2D eigenvalue weighted by atomic mass is 16.5. The van der Waals surface area contributed by atoms with E-state index in [1.165, 1.54) is 7.11 Å². The van der Waals surface area contributed by atoms with Gasteiger partial charge in [-0.25, -0.2) is 0 Å². The average molecular weight is 208 g/mol. The van der Waals surface area contributed by atoms with Gasteiger partial charge in [0.05, 0.1) is 13.7 Å². The number of rotatable bonds is 4. The van der Waals surface area contributed by atoms with E-state index in [1.807, 2.05) is 14.1 Å². The van der Waals surface area contributed by atoms with E-state index in [0.29, 0.717) is 11.8 Å². The molecule has 0 aliphatic heterocycles. The van der Waals surface area contributed by atoms with Crippen molar-refractivity contribution >= 4 is 5.95 Å². The van der Waals surface area contributed by atoms with Gasteiger partial charge >= 0.3 is 6.01 Å². The van der Waals surface area contributed by atoms with Crippen LogP contribution in [0.4, 0.5) is 5.95 Å². The Morgan fingerprint density at radius 3 is 2.67 bits per heavy atom. The smallest absolute Gasteiger partial charge is 0.321 e. The molecule has 0 atom stereocenters. The topological polar surface area (TPSA) is 87.0 Å². The highest BCUT2D eigenvalue weighted by Gasteiger charge is 2.07. The van der Waals surface area contributed by atoms with Crippen LogP contribution in [0.5, 0.6) is 6.01 Å². The fraction of sp³-hybridized carbons (Fsp3) is 0.500. The number of nitrogens with one attached hydrogen (secondary N) is 1. The van der Waals surface area contributed by atoms with E-state index in [-0.39, 0.29) is 12.6 Å². The Kier molecular flexibility index (Phi) is 3.62. The van der Waals surface area contributed by atoms with Crippen LogP contribution in [-0.2, 0) is 6.54 Å². The molecule has 1 rings (SSSR count). The first kappa shape index (κ1) is 11.0. The summed E-state index contributed by atoms with van der Waals surface area (Å²) in [7, 11) is 5.11. The van der Waals surface area contributed by atoms with E-state index in [2.05, 4.69) is 20.3 Å². The zero-order valence-corrected chi connectivity index (χ0v) is 8.85. The van der Waals surface area contributed by atoms with Crippen molar-refractivity contribution in [3.63, 3.8) is 0 Å². The number of methoxy groups -OCH3 is 1. The molecule has 0 aliphatic carbocycles. The third-order valence-electron chi connectivity index (χ3n) is 1.56. The standard InChI is InChI=1S/C8H12N6O/c1-14(2)7-11-6(4-10-5-9)12-8(13-7)15-3/h10H,4H2,1-3H3. The number of aromatic nitrogens is 3. The van der Waals surface area contributed by atoms with Gasteiger partial charge in [-0.2, -0.15) is 20.2 Å². The van der Waals surface area contributed by atoms with E-state index in [1.54, 1.807) is 11.1 Å². The zero-order chi connectivity index (χ0) is 11.3. The summed E-state index contributed by atoms with van der Waals surface area (Å²) in [6.07, 6.45) is 1.80. The van der Waals surface area contributed by atoms with Crippen molar-refractivity contribution in [3.05, 3.63) is 5.82 Å². The number of ether oxygens (including phenoxy) is 1. The lowest BCUT2D eigenvalue weighted by atomic mass is 10.6. The molecule has 7 heteroatoms. The van der Waals surface area contributed by atoms with Gasteiger partial charge in [-0.3, -0.25) is 0 Å². The molecular weight excluding hydrogens is 196 g/mol. The van der Waals surface area contributed by atoms with Gasteiger partial charge in [-0.1, -0.05) is 0 Å². The van der Waals surface area contributed by atoms with Crippen LogP contribution in [0.2, 0.25) is 0 Å². The first-order valence-corrected chi connectivity index (χ1v) is 4.25. The highest BCUT2D eigenvalue weighted by Crippen LogP contribution is 2.08. The van der Waals surface area contributed by atoms with Gasteiger partial charge in [0.15, 0.2) is 12.0 Å². The van der Waals surface area contributed by atoms with Crippen LogP contribution in [0.1, 0.15) is 5.82 Å². The molecule has 0 amide bonds. The SMILES string of the molecule is COc1nc(CNC#N)nc(N(C)C)n1. The van der Waals surface area contributed by atoms with Crippen LogP contribution in [0, 0.1) is 11.5 Å². The van der Waals surface area contributed by atoms with Crippen LogP contribution >= 0.6 is 0 Å². The molecule has 0 aromatic carbocycles. The van der Waals surface area contributed by atoms with Crippen molar-refractivity contribution in [1.82, 2.24) is 20.3 Å². The monoisotopic (exact) mass is 208 g/mol. The summed E-state index contributed by atoms with van der Waals surface area (Å²) in [4.78, 5) is 13.9. The quantitative estimate of drug-likeness (QED) is 0.528. The molecule has 1 N–H and O–H groups in total. The van der Waals surface area contributed by atoms with Crippen molar-refractivity contribution < 1.29 is 4.74 Å². The summed E-state index contributed by atoms with van der Waals surface area (Å²) in [5.41, 5.74) is 0. The van der Waals surface area contributed by atoms with Crippen molar-refractivity contribution in [2.75, 3.05) is 26.1 Å². The number of hydrogen-bond acceptors (Lipinski definition) is 7. The largest absolute Gasteiger partial charge is 0.467 e. The zero-order valence-electron chi connectivity index (χ0n) is 8.85. The van der Waals surface area contributed by atoms with E-state index >= 15 is 0 Å². The molecule has 0 bridgehead atoms. The lowest BCUT2D eigenvalue weighted by molar-refractivity contribution is 0.375. The van der Waals surface area contributed by atoms with Gasteiger partial charge in [0.25, 0.3) is 0 Å². The average Bonchev–Trinajstić information content (AvgIpc) is 2.25. The van der Waals surface area contributed by atoms with Gasteiger partial charge < -0.3 is 15.0 Å². The van der Waals surface area contributed by atoms with Crippen molar-refractivity contribution in [3.8, 4) is 12.2 Å². The summed E-state index contributed by atoms with van der Waals surface area (Å²) >= 11 is 0. The number of nitrogens with zero attached hydrogens (tertiary/aromatic N) is 5. The summed E-state index contributed by atoms with van der Waals surface area (Å²) in [5.74, 6) is 0.962. The summed E-state index contributed by atoms with van der Waals surface area (Å²) in [6.45, 7) is 0.260. The molecule has 0 aliphatic rings. The molecule has 15 heavy (non-hydrogen) atoms. The lowest BCUT2D eigenvalue weighted by Gasteiger charge is -2.11. The van der Waals surface area contributed by atoms with Crippen LogP contribution in [-0.4, -0.2) is 36.2 Å². The van der Waals surface area contributed by atoms with E-state index in [4.69, 9.17) is 10.00 Å². The summed E-state index contributed by atoms with van der Waals surface area (Å²) in [5, 5.41) is 10.8. The fourth-order valence-electron chi connectivity index (χ4n) is 0.875. The number of nitriles is 1. The van der Waals surface area contributed by atoms with Crippen LogP contribution in [0.15, 0.2) is 0 Å². The first-order chi connectivity index (χ1) is 7.17. The molecule has 0 radical (unpaired) electrons. The van der Waals surface area contributed by atoms with Crippen LogP contribution in [0.3, 0.4) is 0 Å². The lowest BCUT2D eigenvalue weighted by Crippen LogP contribution is -2.17. The second-order valence-electron chi connectivity index (χ2n) is 2.90. The molecule has 0 saturated carbocycles. The van der Waals surface area contributed by atoms with Gasteiger partial charge in [0.2, 0.25) is 5.95 Å². The molecule has 7 nitrogen and oxygen atoms in total. The van der Waals surface area contributed by atoms with Crippen molar-refractivity contribution in [1.29, 1.82) is 5.26 Å².